The zero-order valence-corrected chi connectivity index (χ0v) is 32.7. The number of nitrogens with zero attached hydrogens (tertiary/aromatic N) is 2. The summed E-state index contributed by atoms with van der Waals surface area (Å²) in [5, 5.41) is 8.77. The second-order valence-corrected chi connectivity index (χ2v) is 19.0. The Labute approximate surface area is 316 Å². The van der Waals surface area contributed by atoms with Crippen LogP contribution in [0.2, 0.25) is 0 Å². The molecule has 2 aromatic rings. The highest BCUT2D eigenvalue weighted by atomic mass is 32.2. The maximum absolute atomic E-state index is 14.5. The molecule has 54 heavy (non-hydrogen) atoms. The third-order valence-electron chi connectivity index (χ3n) is 11.1. The van der Waals surface area contributed by atoms with Gasteiger partial charge in [0.05, 0.1) is 11.9 Å². The number of sulfonamides is 1. The molecule has 4 aliphatic rings. The molecule has 1 aromatic carbocycles. The Bertz CT molecular complexity index is 2030. The number of carbonyl (C=O) groups excluding carboxylic acids is 5. The zero-order valence-electron chi connectivity index (χ0n) is 31.9. The van der Waals surface area contributed by atoms with Gasteiger partial charge >= 0.3 is 6.09 Å². The van der Waals surface area contributed by atoms with Crippen molar-refractivity contribution in [3.8, 4) is 0 Å². The Morgan fingerprint density at radius 1 is 1.11 bits per heavy atom. The number of hydrogen-bond donors (Lipinski definition) is 4. The van der Waals surface area contributed by atoms with E-state index in [0.29, 0.717) is 31.4 Å². The lowest BCUT2D eigenvalue weighted by atomic mass is 9.85. The van der Waals surface area contributed by atoms with Crippen LogP contribution in [0, 0.1) is 16.7 Å². The van der Waals surface area contributed by atoms with Crippen LogP contribution in [-0.2, 0) is 36.2 Å². The Balaban J connectivity index is 1.34. The minimum absolute atomic E-state index is 0.00638. The number of nitrogens with one attached hydrogen (secondary N) is 4. The number of ether oxygens (including phenoxy) is 1. The van der Waals surface area contributed by atoms with Gasteiger partial charge in [-0.2, -0.15) is 0 Å². The van der Waals surface area contributed by atoms with Crippen LogP contribution in [0.3, 0.4) is 0 Å². The van der Waals surface area contributed by atoms with E-state index in [1.54, 1.807) is 32.4 Å². The van der Waals surface area contributed by atoms with Crippen molar-refractivity contribution in [2.75, 3.05) is 13.2 Å². The highest BCUT2D eigenvalue weighted by Gasteiger charge is 2.62. The molecule has 3 fully saturated rings. The van der Waals surface area contributed by atoms with Gasteiger partial charge in [-0.1, -0.05) is 65.0 Å². The molecule has 5 atom stereocenters. The third kappa shape index (κ3) is 7.91. The normalized spacial score (nSPS) is 28.4. The quantitative estimate of drug-likeness (QED) is 0.322. The third-order valence-corrected chi connectivity index (χ3v) is 12.9. The average molecular weight is 765 g/mol. The molecule has 1 saturated heterocycles. The van der Waals surface area contributed by atoms with E-state index in [9.17, 15) is 32.4 Å². The monoisotopic (exact) mass is 764 g/mol. The van der Waals surface area contributed by atoms with Crippen molar-refractivity contribution in [2.45, 2.75) is 102 Å². The van der Waals surface area contributed by atoms with E-state index in [2.05, 4.69) is 33.3 Å². The van der Waals surface area contributed by atoms with Crippen LogP contribution >= 0.6 is 0 Å². The van der Waals surface area contributed by atoms with E-state index in [4.69, 9.17) is 4.74 Å². The summed E-state index contributed by atoms with van der Waals surface area (Å²) in [6.07, 6.45) is 7.23. The molecule has 2 saturated carbocycles. The van der Waals surface area contributed by atoms with Crippen molar-refractivity contribution < 1.29 is 37.1 Å². The van der Waals surface area contributed by atoms with Crippen molar-refractivity contribution in [3.63, 3.8) is 0 Å². The molecule has 4 bridgehead atoms. The number of fused-ring (bicyclic) bond motifs is 3. The van der Waals surface area contributed by atoms with Gasteiger partial charge in [0.15, 0.2) is 0 Å². The largest absolute Gasteiger partial charge is 0.449 e. The molecule has 0 unspecified atom stereocenters. The van der Waals surface area contributed by atoms with Gasteiger partial charge in [0.1, 0.15) is 23.3 Å². The Hall–Kier alpha value is -4.66. The molecule has 2 aliphatic heterocycles. The van der Waals surface area contributed by atoms with Crippen molar-refractivity contribution in [3.05, 3.63) is 54.3 Å². The number of cyclic esters (lactones) is 1. The van der Waals surface area contributed by atoms with Gasteiger partial charge in [-0.15, -0.1) is 6.58 Å². The zero-order chi connectivity index (χ0) is 39.4. The van der Waals surface area contributed by atoms with Crippen LogP contribution in [0.15, 0.2) is 43.0 Å². The molecule has 15 heteroatoms. The number of amides is 5. The SMILES string of the molecule is C=C[C@H]1C[C@]1(NC(=O)[C@@H]1C[C@@H]2CN1C(=O)[C@H](C(C)(C)C)NC(=O)OCC(C)(C)CC/C=C/c1cccc3c1cc(n3C)C(=O)N2)C(=O)NS(=O)(=O)C1CC1. The lowest BCUT2D eigenvalue weighted by Gasteiger charge is -2.35. The highest BCUT2D eigenvalue weighted by molar-refractivity contribution is 7.91. The van der Waals surface area contributed by atoms with E-state index in [1.807, 2.05) is 44.2 Å². The topological polar surface area (TPSA) is 185 Å². The second kappa shape index (κ2) is 14.2. The molecule has 0 radical (unpaired) electrons. The first-order valence-corrected chi connectivity index (χ1v) is 20.1. The van der Waals surface area contributed by atoms with E-state index in [1.165, 1.54) is 11.0 Å². The minimum Gasteiger partial charge on any atom is -0.449 e. The van der Waals surface area contributed by atoms with E-state index >= 15 is 0 Å². The number of rotatable bonds is 6. The average Bonchev–Trinajstić information content (AvgIpc) is 4.00. The van der Waals surface area contributed by atoms with Gasteiger partial charge in [0.25, 0.3) is 11.8 Å². The molecule has 3 heterocycles. The minimum atomic E-state index is -3.91. The molecule has 0 spiro atoms. The molecular formula is C39H52N6O8S. The van der Waals surface area contributed by atoms with Crippen LogP contribution < -0.4 is 20.7 Å². The standard InChI is InChI=1S/C39H52N6O8S/c1-8-24-20-39(24,35(49)43-54(51,52)26-15-16-26)42-33(47)30-18-25-21-45(30)34(48)31(37(2,3)4)41-36(50)53-22-38(5,6)17-10-9-12-23-13-11-14-28-27(23)19-29(44(28)7)32(46)40-25/h8-9,11-14,19,24-26,30-31H,1,10,15-18,20-22H2,2-7H3,(H,40,46)(H,41,50)(H,42,47)(H,43,49)/b12-9+/t24-,25+,30-,31+,39+/m0/s1. The van der Waals surface area contributed by atoms with Crippen LogP contribution in [0.5, 0.6) is 0 Å². The van der Waals surface area contributed by atoms with Crippen LogP contribution in [0.4, 0.5) is 4.79 Å². The summed E-state index contributed by atoms with van der Waals surface area (Å²) >= 11 is 0. The molecule has 1 aromatic heterocycles. The maximum atomic E-state index is 14.5. The van der Waals surface area contributed by atoms with Gasteiger partial charge in [-0.25, -0.2) is 13.2 Å². The first kappa shape index (κ1) is 39.0. The van der Waals surface area contributed by atoms with E-state index in [-0.39, 0.29) is 31.4 Å². The Morgan fingerprint density at radius 2 is 1.83 bits per heavy atom. The van der Waals surface area contributed by atoms with Crippen molar-refractivity contribution in [1.29, 1.82) is 0 Å². The molecule has 6 rings (SSSR count). The molecule has 5 amide bonds. The van der Waals surface area contributed by atoms with Crippen molar-refractivity contribution in [1.82, 2.24) is 30.1 Å². The summed E-state index contributed by atoms with van der Waals surface area (Å²) in [5.41, 5.74) is -0.607. The van der Waals surface area contributed by atoms with Gasteiger partial charge in [0, 0.05) is 36.5 Å². The fourth-order valence-corrected chi connectivity index (χ4v) is 8.81. The predicted octanol–water partition coefficient (Wildman–Crippen LogP) is 3.52. The number of aryl methyl sites for hydroxylation is 1. The lowest BCUT2D eigenvalue weighted by molar-refractivity contribution is -0.142. The number of aromatic nitrogens is 1. The summed E-state index contributed by atoms with van der Waals surface area (Å²) in [7, 11) is -2.11. The van der Waals surface area contributed by atoms with Crippen LogP contribution in [0.1, 0.15) is 89.2 Å². The summed E-state index contributed by atoms with van der Waals surface area (Å²) < 4.78 is 35.0. The predicted molar refractivity (Wildman–Crippen MR) is 203 cm³/mol. The second-order valence-electron chi connectivity index (χ2n) is 17.1. The maximum Gasteiger partial charge on any atom is 0.407 e. The van der Waals surface area contributed by atoms with Crippen molar-refractivity contribution in [2.24, 2.45) is 23.8 Å². The number of benzene rings is 1. The van der Waals surface area contributed by atoms with Gasteiger partial charge < -0.3 is 30.2 Å². The van der Waals surface area contributed by atoms with E-state index < -0.39 is 80.0 Å². The number of carbonyl (C=O) groups is 5. The fourth-order valence-electron chi connectivity index (χ4n) is 7.45. The number of hydrogen-bond acceptors (Lipinski definition) is 8. The first-order valence-electron chi connectivity index (χ1n) is 18.6. The number of alkyl carbamates (subject to hydrolysis) is 1. The summed E-state index contributed by atoms with van der Waals surface area (Å²) in [5.74, 6) is -3.07. The van der Waals surface area contributed by atoms with Gasteiger partial charge in [-0.05, 0) is 67.1 Å². The summed E-state index contributed by atoms with van der Waals surface area (Å²) in [6, 6.07) is 4.66. The molecule has 2 aliphatic carbocycles. The summed E-state index contributed by atoms with van der Waals surface area (Å²) in [6.45, 7) is 13.1. The lowest BCUT2D eigenvalue weighted by Crippen LogP contribution is -2.60. The molecule has 14 nitrogen and oxygen atoms in total. The van der Waals surface area contributed by atoms with Gasteiger partial charge in [0.2, 0.25) is 21.8 Å². The smallest absolute Gasteiger partial charge is 0.407 e. The van der Waals surface area contributed by atoms with Crippen molar-refractivity contribution >= 4 is 56.7 Å². The Morgan fingerprint density at radius 3 is 2.48 bits per heavy atom. The number of allylic oxidation sites excluding steroid dienone is 1. The molecule has 4 N–H and O–H groups in total. The van der Waals surface area contributed by atoms with E-state index in [0.717, 1.165) is 16.5 Å². The first-order chi connectivity index (χ1) is 25.3. The molecule has 292 valence electrons. The van der Waals surface area contributed by atoms with Crippen LogP contribution in [-0.4, -0.2) is 89.7 Å². The van der Waals surface area contributed by atoms with Crippen LogP contribution in [0.25, 0.3) is 17.0 Å². The summed E-state index contributed by atoms with van der Waals surface area (Å²) in [4.78, 5) is 70.8. The fraction of sp³-hybridized carbons (Fsp3) is 0.564. The highest BCUT2D eigenvalue weighted by Crippen LogP contribution is 2.45. The van der Waals surface area contributed by atoms with Gasteiger partial charge in [-0.3, -0.25) is 23.9 Å². The molecular weight excluding hydrogens is 713 g/mol. The Kier molecular flexibility index (Phi) is 10.3.